The van der Waals surface area contributed by atoms with Crippen molar-refractivity contribution in [3.63, 3.8) is 0 Å². The highest BCUT2D eigenvalue weighted by atomic mass is 35.5. The first-order valence-electron chi connectivity index (χ1n) is 4.24. The lowest BCUT2D eigenvalue weighted by Gasteiger charge is -2.02. The summed E-state index contributed by atoms with van der Waals surface area (Å²) >= 11 is 0. The first-order valence-corrected chi connectivity index (χ1v) is 4.24. The van der Waals surface area contributed by atoms with Crippen LogP contribution in [-0.4, -0.2) is 9.78 Å². The van der Waals surface area contributed by atoms with Crippen molar-refractivity contribution >= 4 is 0 Å². The molecule has 4 heteroatoms. The van der Waals surface area contributed by atoms with Crippen LogP contribution in [0.4, 0.5) is 0 Å². The Bertz CT molecular complexity index is 409. The van der Waals surface area contributed by atoms with E-state index in [-0.39, 0.29) is 12.4 Å². The number of rotatable bonds is 1. The minimum atomic E-state index is 0. The van der Waals surface area contributed by atoms with Crippen molar-refractivity contribution in [1.29, 1.82) is 0 Å². The fourth-order valence-electron chi connectivity index (χ4n) is 1.33. The van der Waals surface area contributed by atoms with Crippen molar-refractivity contribution in [2.75, 3.05) is 0 Å². The minimum absolute atomic E-state index is 0. The van der Waals surface area contributed by atoms with Gasteiger partial charge in [0.05, 0.1) is 0 Å². The zero-order valence-corrected chi connectivity index (χ0v) is 8.94. The standard InChI is InChI=1S/C10H12N3.ClH/c1-9-10(5-3-7-12(9)2)13-8-4-6-11-13;/h3-8H,1-2H3;1H/q+1;/p-1. The van der Waals surface area contributed by atoms with E-state index in [0.29, 0.717) is 0 Å². The average Bonchev–Trinajstić information content (AvgIpc) is 2.62. The molecule has 0 N–H and O–H groups in total. The molecule has 0 aliphatic heterocycles. The Morgan fingerprint density at radius 2 is 2.14 bits per heavy atom. The van der Waals surface area contributed by atoms with E-state index >= 15 is 0 Å². The van der Waals surface area contributed by atoms with Crippen molar-refractivity contribution in [2.45, 2.75) is 6.92 Å². The maximum absolute atomic E-state index is 4.19. The lowest BCUT2D eigenvalue weighted by molar-refractivity contribution is -0.677. The van der Waals surface area contributed by atoms with Crippen LogP contribution in [0.5, 0.6) is 0 Å². The highest BCUT2D eigenvalue weighted by Crippen LogP contribution is 2.06. The molecule has 0 aliphatic carbocycles. The Morgan fingerprint density at radius 3 is 2.79 bits per heavy atom. The lowest BCUT2D eigenvalue weighted by Crippen LogP contribution is -3.00. The molecule has 0 bridgehead atoms. The molecule has 0 saturated carbocycles. The average molecular weight is 210 g/mol. The quantitative estimate of drug-likeness (QED) is 0.499. The number of halogens is 1. The monoisotopic (exact) mass is 209 g/mol. The third kappa shape index (κ3) is 1.77. The molecule has 0 radical (unpaired) electrons. The summed E-state index contributed by atoms with van der Waals surface area (Å²) in [6, 6.07) is 6.00. The minimum Gasteiger partial charge on any atom is -1.00 e. The number of pyridine rings is 1. The van der Waals surface area contributed by atoms with Crippen molar-refractivity contribution in [2.24, 2.45) is 7.05 Å². The first kappa shape index (κ1) is 10.7. The molecule has 0 amide bonds. The van der Waals surface area contributed by atoms with Gasteiger partial charge in [0.25, 0.3) is 0 Å². The van der Waals surface area contributed by atoms with Crippen molar-refractivity contribution in [3.05, 3.63) is 42.5 Å². The Balaban J connectivity index is 0.000000980. The van der Waals surface area contributed by atoms with E-state index in [4.69, 9.17) is 0 Å². The summed E-state index contributed by atoms with van der Waals surface area (Å²) in [6.45, 7) is 2.08. The second kappa shape index (κ2) is 4.24. The van der Waals surface area contributed by atoms with E-state index in [9.17, 15) is 0 Å². The van der Waals surface area contributed by atoms with Gasteiger partial charge in [0.2, 0.25) is 5.69 Å². The van der Waals surface area contributed by atoms with Crippen molar-refractivity contribution in [3.8, 4) is 5.69 Å². The van der Waals surface area contributed by atoms with E-state index in [1.807, 2.05) is 36.3 Å². The molecular weight excluding hydrogens is 198 g/mol. The molecule has 0 atom stereocenters. The van der Waals surface area contributed by atoms with Crippen LogP contribution in [0.3, 0.4) is 0 Å². The molecule has 2 aromatic rings. The van der Waals surface area contributed by atoms with Gasteiger partial charge in [-0.25, -0.2) is 9.25 Å². The zero-order valence-electron chi connectivity index (χ0n) is 8.18. The van der Waals surface area contributed by atoms with Gasteiger partial charge in [-0.1, -0.05) is 0 Å². The third-order valence-electron chi connectivity index (χ3n) is 2.21. The van der Waals surface area contributed by atoms with Crippen LogP contribution in [0.25, 0.3) is 5.69 Å². The molecule has 2 heterocycles. The summed E-state index contributed by atoms with van der Waals surface area (Å²) < 4.78 is 3.95. The lowest BCUT2D eigenvalue weighted by atomic mass is 10.3. The maximum atomic E-state index is 4.19. The third-order valence-corrected chi connectivity index (χ3v) is 2.21. The Morgan fingerprint density at radius 1 is 1.36 bits per heavy atom. The van der Waals surface area contributed by atoms with E-state index in [1.54, 1.807) is 6.20 Å². The molecule has 0 saturated heterocycles. The molecule has 14 heavy (non-hydrogen) atoms. The number of hydrogen-bond donors (Lipinski definition) is 0. The summed E-state index contributed by atoms with van der Waals surface area (Å²) in [5.41, 5.74) is 2.32. The Labute approximate surface area is 89.4 Å². The van der Waals surface area contributed by atoms with Gasteiger partial charge in [0.15, 0.2) is 6.20 Å². The van der Waals surface area contributed by atoms with Gasteiger partial charge >= 0.3 is 0 Å². The Hall–Kier alpha value is -1.35. The normalized spacial score (nSPS) is 9.57. The van der Waals surface area contributed by atoms with Gasteiger partial charge in [-0.05, 0) is 12.1 Å². The number of aryl methyl sites for hydroxylation is 1. The molecule has 2 rings (SSSR count). The predicted molar refractivity (Wildman–Crippen MR) is 49.5 cm³/mol. The molecule has 0 spiro atoms. The Kier molecular flexibility index (Phi) is 3.25. The molecular formula is C10H12ClN3. The SMILES string of the molecule is Cc1c(-n2cccn2)ccc[n+]1C.[Cl-]. The summed E-state index contributed by atoms with van der Waals surface area (Å²) in [7, 11) is 2.03. The van der Waals surface area contributed by atoms with Crippen LogP contribution < -0.4 is 17.0 Å². The van der Waals surface area contributed by atoms with Crippen LogP contribution in [-0.2, 0) is 7.05 Å². The first-order chi connectivity index (χ1) is 6.29. The van der Waals surface area contributed by atoms with Gasteiger partial charge < -0.3 is 12.4 Å². The second-order valence-electron chi connectivity index (χ2n) is 3.04. The molecule has 0 aliphatic rings. The smallest absolute Gasteiger partial charge is 0.203 e. The molecule has 0 fully saturated rings. The summed E-state index contributed by atoms with van der Waals surface area (Å²) in [5, 5.41) is 4.19. The molecule has 2 aromatic heterocycles. The highest BCUT2D eigenvalue weighted by molar-refractivity contribution is 5.31. The van der Waals surface area contributed by atoms with Crippen LogP contribution in [0.15, 0.2) is 36.8 Å². The summed E-state index contributed by atoms with van der Waals surface area (Å²) in [4.78, 5) is 0. The van der Waals surface area contributed by atoms with Crippen LogP contribution in [0, 0.1) is 6.92 Å². The fourth-order valence-corrected chi connectivity index (χ4v) is 1.33. The topological polar surface area (TPSA) is 21.7 Å². The summed E-state index contributed by atoms with van der Waals surface area (Å²) in [6.07, 6.45) is 5.76. The van der Waals surface area contributed by atoms with Gasteiger partial charge in [-0.15, -0.1) is 0 Å². The highest BCUT2D eigenvalue weighted by Gasteiger charge is 2.08. The van der Waals surface area contributed by atoms with Gasteiger partial charge in [-0.3, -0.25) is 0 Å². The zero-order chi connectivity index (χ0) is 9.26. The predicted octanol–water partition coefficient (Wildman–Crippen LogP) is -1.99. The van der Waals surface area contributed by atoms with E-state index in [1.165, 1.54) is 5.69 Å². The number of aromatic nitrogens is 3. The van der Waals surface area contributed by atoms with Crippen LogP contribution in [0.1, 0.15) is 5.69 Å². The summed E-state index contributed by atoms with van der Waals surface area (Å²) in [5.74, 6) is 0. The van der Waals surface area contributed by atoms with Crippen molar-refractivity contribution < 1.29 is 17.0 Å². The number of nitrogens with zero attached hydrogens (tertiary/aromatic N) is 3. The number of hydrogen-bond acceptors (Lipinski definition) is 1. The largest absolute Gasteiger partial charge is 1.00 e. The van der Waals surface area contributed by atoms with E-state index in [2.05, 4.69) is 22.7 Å². The molecule has 74 valence electrons. The van der Waals surface area contributed by atoms with Crippen LogP contribution in [0.2, 0.25) is 0 Å². The molecule has 0 unspecified atom stereocenters. The molecule has 3 nitrogen and oxygen atoms in total. The van der Waals surface area contributed by atoms with Gasteiger partial charge in [-0.2, -0.15) is 5.10 Å². The van der Waals surface area contributed by atoms with Crippen LogP contribution >= 0.6 is 0 Å². The van der Waals surface area contributed by atoms with Crippen molar-refractivity contribution in [1.82, 2.24) is 9.78 Å². The van der Waals surface area contributed by atoms with Gasteiger partial charge in [0, 0.05) is 25.4 Å². The molecule has 0 aromatic carbocycles. The van der Waals surface area contributed by atoms with E-state index < -0.39 is 0 Å². The van der Waals surface area contributed by atoms with Gasteiger partial charge in [0.1, 0.15) is 12.7 Å². The second-order valence-corrected chi connectivity index (χ2v) is 3.04. The maximum Gasteiger partial charge on any atom is 0.203 e. The van der Waals surface area contributed by atoms with E-state index in [0.717, 1.165) is 5.69 Å². The fraction of sp³-hybridized carbons (Fsp3) is 0.200.